The van der Waals surface area contributed by atoms with Crippen LogP contribution in [0.15, 0.2) is 22.8 Å². The van der Waals surface area contributed by atoms with Gasteiger partial charge in [-0.2, -0.15) is 0 Å². The molecule has 2 aliphatic rings. The second-order valence-corrected chi connectivity index (χ2v) is 6.12. The SMILES string of the molecule is CCC1=CC(C(=O)O)(N2CCCC2)C(C)C(C(=O)O)=C1CC. The van der Waals surface area contributed by atoms with Gasteiger partial charge in [0.1, 0.15) is 5.54 Å². The van der Waals surface area contributed by atoms with Gasteiger partial charge >= 0.3 is 11.9 Å². The Balaban J connectivity index is 2.66. The number of carboxylic acids is 2. The Labute approximate surface area is 131 Å². The first-order valence-corrected chi connectivity index (χ1v) is 8.06. The lowest BCUT2D eigenvalue weighted by molar-refractivity contribution is -0.150. The first-order valence-electron chi connectivity index (χ1n) is 8.06. The fourth-order valence-electron chi connectivity index (χ4n) is 4.01. The molecule has 1 fully saturated rings. The van der Waals surface area contributed by atoms with E-state index in [1.54, 1.807) is 6.92 Å². The zero-order valence-corrected chi connectivity index (χ0v) is 13.6. The molecule has 0 spiro atoms. The molecule has 1 saturated heterocycles. The van der Waals surface area contributed by atoms with Crippen LogP contribution in [0.5, 0.6) is 0 Å². The van der Waals surface area contributed by atoms with Crippen molar-refractivity contribution < 1.29 is 19.8 Å². The minimum atomic E-state index is -1.23. The van der Waals surface area contributed by atoms with Gasteiger partial charge in [-0.3, -0.25) is 4.90 Å². The monoisotopic (exact) mass is 307 g/mol. The Hall–Kier alpha value is -1.62. The highest BCUT2D eigenvalue weighted by molar-refractivity contribution is 5.94. The standard InChI is InChI=1S/C17H25NO4/c1-4-12-10-17(16(21)22,18-8-6-7-9-18)11(3)14(15(19)20)13(12)5-2/h10-11H,4-9H2,1-3H3,(H,19,20)(H,21,22). The summed E-state index contributed by atoms with van der Waals surface area (Å²) < 4.78 is 0. The minimum absolute atomic E-state index is 0.274. The Morgan fingerprint density at radius 2 is 1.82 bits per heavy atom. The van der Waals surface area contributed by atoms with E-state index in [2.05, 4.69) is 0 Å². The van der Waals surface area contributed by atoms with Crippen LogP contribution >= 0.6 is 0 Å². The summed E-state index contributed by atoms with van der Waals surface area (Å²) in [4.78, 5) is 26.0. The topological polar surface area (TPSA) is 77.8 Å². The summed E-state index contributed by atoms with van der Waals surface area (Å²) in [6, 6.07) is 0. The number of hydrogen-bond acceptors (Lipinski definition) is 3. The summed E-state index contributed by atoms with van der Waals surface area (Å²) in [7, 11) is 0. The second kappa shape index (κ2) is 6.24. The van der Waals surface area contributed by atoms with Crippen LogP contribution in [-0.2, 0) is 9.59 Å². The molecule has 122 valence electrons. The van der Waals surface area contributed by atoms with Crippen LogP contribution in [0.3, 0.4) is 0 Å². The highest BCUT2D eigenvalue weighted by Crippen LogP contribution is 2.43. The third-order valence-electron chi connectivity index (χ3n) is 5.14. The number of carbonyl (C=O) groups is 2. The highest BCUT2D eigenvalue weighted by Gasteiger charge is 2.53. The molecular weight excluding hydrogens is 282 g/mol. The maximum absolute atomic E-state index is 12.2. The van der Waals surface area contributed by atoms with Gasteiger partial charge in [-0.1, -0.05) is 20.8 Å². The lowest BCUT2D eigenvalue weighted by Gasteiger charge is -2.44. The first kappa shape index (κ1) is 16.7. The Kier molecular flexibility index (Phi) is 4.75. The molecular formula is C17H25NO4. The van der Waals surface area contributed by atoms with E-state index in [9.17, 15) is 19.8 Å². The van der Waals surface area contributed by atoms with Crippen molar-refractivity contribution in [3.8, 4) is 0 Å². The number of allylic oxidation sites excluding steroid dienone is 2. The van der Waals surface area contributed by atoms with E-state index < -0.39 is 23.4 Å². The van der Waals surface area contributed by atoms with E-state index in [0.717, 1.165) is 24.0 Å². The average Bonchev–Trinajstić information content (AvgIpc) is 3.00. The van der Waals surface area contributed by atoms with E-state index in [4.69, 9.17) is 0 Å². The predicted molar refractivity (Wildman–Crippen MR) is 83.7 cm³/mol. The van der Waals surface area contributed by atoms with Crippen LogP contribution in [0.4, 0.5) is 0 Å². The summed E-state index contributed by atoms with van der Waals surface area (Å²) in [6.07, 6.45) is 5.01. The van der Waals surface area contributed by atoms with Gasteiger partial charge < -0.3 is 10.2 Å². The van der Waals surface area contributed by atoms with Gasteiger partial charge in [0.2, 0.25) is 0 Å². The van der Waals surface area contributed by atoms with Gasteiger partial charge in [-0.25, -0.2) is 9.59 Å². The molecule has 0 aromatic carbocycles. The fourth-order valence-corrected chi connectivity index (χ4v) is 4.01. The highest BCUT2D eigenvalue weighted by atomic mass is 16.4. The molecule has 2 rings (SSSR count). The van der Waals surface area contributed by atoms with E-state index >= 15 is 0 Å². The molecule has 2 atom stereocenters. The first-order chi connectivity index (χ1) is 10.4. The van der Waals surface area contributed by atoms with Gasteiger partial charge in [-0.05, 0) is 56.0 Å². The molecule has 22 heavy (non-hydrogen) atoms. The Bertz CT molecular complexity index is 543. The molecule has 5 heteroatoms. The fraction of sp³-hybridized carbons (Fsp3) is 0.647. The van der Waals surface area contributed by atoms with Crippen molar-refractivity contribution in [2.75, 3.05) is 13.1 Å². The lowest BCUT2D eigenvalue weighted by Crippen LogP contribution is -2.59. The zero-order chi connectivity index (χ0) is 16.5. The van der Waals surface area contributed by atoms with Crippen molar-refractivity contribution in [3.05, 3.63) is 22.8 Å². The largest absolute Gasteiger partial charge is 0.480 e. The summed E-state index contributed by atoms with van der Waals surface area (Å²) in [5.41, 5.74) is 0.718. The van der Waals surface area contributed by atoms with Crippen molar-refractivity contribution >= 4 is 11.9 Å². The van der Waals surface area contributed by atoms with Gasteiger partial charge in [0.05, 0.1) is 0 Å². The van der Waals surface area contributed by atoms with E-state index in [1.807, 2.05) is 24.8 Å². The third-order valence-corrected chi connectivity index (χ3v) is 5.14. The van der Waals surface area contributed by atoms with Crippen molar-refractivity contribution in [1.82, 2.24) is 4.90 Å². The molecule has 1 aliphatic heterocycles. The summed E-state index contributed by atoms with van der Waals surface area (Å²) in [6.45, 7) is 7.04. The van der Waals surface area contributed by atoms with Crippen LogP contribution in [0.1, 0.15) is 46.5 Å². The van der Waals surface area contributed by atoms with Crippen molar-refractivity contribution in [2.24, 2.45) is 5.92 Å². The van der Waals surface area contributed by atoms with Crippen LogP contribution < -0.4 is 0 Å². The van der Waals surface area contributed by atoms with Crippen LogP contribution in [0.2, 0.25) is 0 Å². The van der Waals surface area contributed by atoms with Crippen molar-refractivity contribution in [1.29, 1.82) is 0 Å². The van der Waals surface area contributed by atoms with Gasteiger partial charge in [0.25, 0.3) is 0 Å². The molecule has 2 N–H and O–H groups in total. The van der Waals surface area contributed by atoms with Crippen LogP contribution in [0, 0.1) is 5.92 Å². The second-order valence-electron chi connectivity index (χ2n) is 6.12. The number of likely N-dealkylation sites (tertiary alicyclic amines) is 1. The number of rotatable bonds is 5. The van der Waals surface area contributed by atoms with Gasteiger partial charge in [0.15, 0.2) is 0 Å². The molecule has 0 amide bonds. The Morgan fingerprint density at radius 3 is 2.23 bits per heavy atom. The maximum Gasteiger partial charge on any atom is 0.332 e. The molecule has 2 unspecified atom stereocenters. The van der Waals surface area contributed by atoms with Crippen molar-refractivity contribution in [2.45, 2.75) is 52.0 Å². The summed E-state index contributed by atoms with van der Waals surface area (Å²) >= 11 is 0. The maximum atomic E-state index is 12.2. The summed E-state index contributed by atoms with van der Waals surface area (Å²) in [5, 5.41) is 19.7. The predicted octanol–water partition coefficient (Wildman–Crippen LogP) is 2.68. The smallest absolute Gasteiger partial charge is 0.332 e. The van der Waals surface area contributed by atoms with E-state index in [0.29, 0.717) is 25.9 Å². The molecule has 0 aromatic rings. The van der Waals surface area contributed by atoms with Crippen LogP contribution in [0.25, 0.3) is 0 Å². The van der Waals surface area contributed by atoms with Gasteiger partial charge in [-0.15, -0.1) is 0 Å². The lowest BCUT2D eigenvalue weighted by atomic mass is 9.69. The minimum Gasteiger partial charge on any atom is -0.480 e. The molecule has 0 radical (unpaired) electrons. The third kappa shape index (κ3) is 2.37. The van der Waals surface area contributed by atoms with Gasteiger partial charge in [0, 0.05) is 11.5 Å². The summed E-state index contributed by atoms with van der Waals surface area (Å²) in [5.74, 6) is -2.50. The molecule has 0 saturated carbocycles. The van der Waals surface area contributed by atoms with Crippen LogP contribution in [-0.4, -0.2) is 45.7 Å². The average molecular weight is 307 g/mol. The normalized spacial score (nSPS) is 29.6. The molecule has 1 heterocycles. The molecule has 0 aromatic heterocycles. The number of aliphatic carboxylic acids is 2. The van der Waals surface area contributed by atoms with E-state index in [1.165, 1.54) is 0 Å². The Morgan fingerprint density at radius 1 is 1.23 bits per heavy atom. The molecule has 1 aliphatic carbocycles. The quantitative estimate of drug-likeness (QED) is 0.816. The zero-order valence-electron chi connectivity index (χ0n) is 13.6. The number of carboxylic acid groups (broad SMARTS) is 2. The van der Waals surface area contributed by atoms with Crippen molar-refractivity contribution in [3.63, 3.8) is 0 Å². The molecule has 0 bridgehead atoms. The molecule has 5 nitrogen and oxygen atoms in total. The van der Waals surface area contributed by atoms with E-state index in [-0.39, 0.29) is 5.57 Å². The number of nitrogens with zero attached hydrogens (tertiary/aromatic N) is 1. The number of hydrogen-bond donors (Lipinski definition) is 2.